The highest BCUT2D eigenvalue weighted by atomic mass is 35.5. The second-order valence-corrected chi connectivity index (χ2v) is 16.1. The van der Waals surface area contributed by atoms with E-state index >= 15 is 0 Å². The number of benzene rings is 2. The zero-order valence-electron chi connectivity index (χ0n) is 28.8. The van der Waals surface area contributed by atoms with Gasteiger partial charge in [0.1, 0.15) is 11.6 Å². The van der Waals surface area contributed by atoms with Crippen LogP contribution in [0.4, 0.5) is 8.78 Å². The van der Waals surface area contributed by atoms with E-state index in [1.54, 1.807) is 12.1 Å². The van der Waals surface area contributed by atoms with Crippen molar-refractivity contribution in [1.29, 1.82) is 0 Å². The number of amides is 1. The molecule has 1 amide bonds. The van der Waals surface area contributed by atoms with Crippen LogP contribution in [0.5, 0.6) is 0 Å². The SMILES string of the molecule is C=S(=O)(c1ccc(Cl)cc1)N1CCCCC1.CCC(C)(CC1CCC(C)C1)OC.Fc1cccc(F)c1.NC(=O)C(CCO)C1CC1. The first-order chi connectivity index (χ1) is 22.2. The summed E-state index contributed by atoms with van der Waals surface area (Å²) in [6.07, 6.45) is 12.8. The normalized spacial score (nSPS) is 22.5. The number of piperidine rings is 1. The van der Waals surface area contributed by atoms with Gasteiger partial charge in [-0.25, -0.2) is 17.3 Å². The highest BCUT2D eigenvalue weighted by Gasteiger charge is 2.34. The van der Waals surface area contributed by atoms with E-state index in [1.807, 2.05) is 23.5 Å². The fraction of sp³-hybridized carbons (Fsp3) is 0.622. The fourth-order valence-electron chi connectivity index (χ4n) is 6.16. The van der Waals surface area contributed by atoms with Gasteiger partial charge in [0.25, 0.3) is 0 Å². The molecular formula is C37H57ClF2N2O4S. The molecule has 10 heteroatoms. The Labute approximate surface area is 287 Å². The molecule has 5 rings (SSSR count). The molecule has 5 unspecified atom stereocenters. The van der Waals surface area contributed by atoms with E-state index in [1.165, 1.54) is 50.3 Å². The van der Waals surface area contributed by atoms with Crippen LogP contribution in [0.15, 0.2) is 53.4 Å². The predicted molar refractivity (Wildman–Crippen MR) is 191 cm³/mol. The number of methoxy groups -OCH3 is 1. The van der Waals surface area contributed by atoms with Crippen molar-refractivity contribution in [2.45, 2.75) is 102 Å². The maximum Gasteiger partial charge on any atom is 0.220 e. The lowest BCUT2D eigenvalue weighted by molar-refractivity contribution is -0.122. The fourth-order valence-corrected chi connectivity index (χ4v) is 7.99. The number of carbonyl (C=O) groups excluding carboxylic acids is 1. The van der Waals surface area contributed by atoms with Crippen LogP contribution in [0.25, 0.3) is 0 Å². The Balaban J connectivity index is 0.000000225. The number of halogens is 3. The Bertz CT molecular complexity index is 1280. The number of primary amides is 1. The van der Waals surface area contributed by atoms with Gasteiger partial charge in [0.05, 0.1) is 15.3 Å². The summed E-state index contributed by atoms with van der Waals surface area (Å²) >= 11 is 5.82. The lowest BCUT2D eigenvalue weighted by Crippen LogP contribution is -2.35. The molecule has 0 spiro atoms. The molecule has 0 bridgehead atoms. The molecule has 2 aromatic carbocycles. The zero-order valence-corrected chi connectivity index (χ0v) is 30.3. The Morgan fingerprint density at radius 1 is 1.11 bits per heavy atom. The maximum absolute atomic E-state index is 12.6. The summed E-state index contributed by atoms with van der Waals surface area (Å²) in [7, 11) is -0.455. The van der Waals surface area contributed by atoms with Crippen molar-refractivity contribution in [2.24, 2.45) is 29.4 Å². The number of nitrogens with zero attached hydrogens (tertiary/aromatic N) is 1. The molecule has 47 heavy (non-hydrogen) atoms. The van der Waals surface area contributed by atoms with Gasteiger partial charge in [0.2, 0.25) is 5.91 Å². The second kappa shape index (κ2) is 20.5. The van der Waals surface area contributed by atoms with Crippen molar-refractivity contribution in [3.05, 3.63) is 65.2 Å². The number of nitrogens with two attached hydrogens (primary N) is 1. The van der Waals surface area contributed by atoms with Crippen LogP contribution in [-0.4, -0.2) is 57.8 Å². The van der Waals surface area contributed by atoms with Gasteiger partial charge in [-0.2, -0.15) is 0 Å². The van der Waals surface area contributed by atoms with E-state index in [4.69, 9.17) is 27.2 Å². The Kier molecular flexibility index (Phi) is 17.9. The van der Waals surface area contributed by atoms with E-state index in [9.17, 15) is 17.8 Å². The van der Waals surface area contributed by atoms with E-state index in [-0.39, 0.29) is 24.0 Å². The van der Waals surface area contributed by atoms with Crippen molar-refractivity contribution in [1.82, 2.24) is 4.31 Å². The van der Waals surface area contributed by atoms with Gasteiger partial charge in [-0.05, 0) is 118 Å². The molecule has 0 aromatic heterocycles. The average molecular weight is 699 g/mol. The predicted octanol–water partition coefficient (Wildman–Crippen LogP) is 8.29. The number of aliphatic hydroxyl groups is 1. The minimum Gasteiger partial charge on any atom is -0.396 e. The molecule has 2 aliphatic carbocycles. The van der Waals surface area contributed by atoms with Crippen LogP contribution in [0.2, 0.25) is 5.02 Å². The second-order valence-electron chi connectivity index (χ2n) is 13.4. The Morgan fingerprint density at radius 3 is 2.11 bits per heavy atom. The van der Waals surface area contributed by atoms with Gasteiger partial charge in [0.15, 0.2) is 0 Å². The topological polar surface area (TPSA) is 92.9 Å². The van der Waals surface area contributed by atoms with Gasteiger partial charge >= 0.3 is 0 Å². The van der Waals surface area contributed by atoms with Gasteiger partial charge in [0, 0.05) is 48.7 Å². The Hall–Kier alpha value is -2.04. The summed E-state index contributed by atoms with van der Waals surface area (Å²) in [5, 5.41) is 9.22. The van der Waals surface area contributed by atoms with Gasteiger partial charge < -0.3 is 15.6 Å². The quantitative estimate of drug-likeness (QED) is 0.244. The Morgan fingerprint density at radius 2 is 1.70 bits per heavy atom. The lowest BCUT2D eigenvalue weighted by atomic mass is 9.88. The molecule has 2 aromatic rings. The van der Waals surface area contributed by atoms with Crippen LogP contribution < -0.4 is 5.73 Å². The van der Waals surface area contributed by atoms with Gasteiger partial charge in [-0.15, -0.1) is 0 Å². The molecule has 3 aliphatic rings. The smallest absolute Gasteiger partial charge is 0.220 e. The molecule has 3 fully saturated rings. The molecule has 1 saturated heterocycles. The number of hydrogen-bond acceptors (Lipinski definition) is 4. The third-order valence-corrected chi connectivity index (χ3v) is 11.9. The highest BCUT2D eigenvalue weighted by Crippen LogP contribution is 2.38. The summed E-state index contributed by atoms with van der Waals surface area (Å²) in [5.41, 5.74) is 5.25. The summed E-state index contributed by atoms with van der Waals surface area (Å²) < 4.78 is 44.1. The van der Waals surface area contributed by atoms with Gasteiger partial charge in [-0.3, -0.25) is 4.79 Å². The monoisotopic (exact) mass is 698 g/mol. The number of aliphatic hydroxyl groups excluding tert-OH is 1. The van der Waals surface area contributed by atoms with Crippen molar-refractivity contribution in [3.8, 4) is 0 Å². The summed E-state index contributed by atoms with van der Waals surface area (Å²) in [5.74, 6) is 4.85. The molecule has 1 aliphatic heterocycles. The van der Waals surface area contributed by atoms with E-state index < -0.39 is 21.3 Å². The minimum atomic E-state index is -2.30. The molecule has 3 N–H and O–H groups in total. The van der Waals surface area contributed by atoms with Crippen LogP contribution in [0.1, 0.15) is 91.4 Å². The molecule has 0 radical (unpaired) electrons. The lowest BCUT2D eigenvalue weighted by Gasteiger charge is -2.29. The summed E-state index contributed by atoms with van der Waals surface area (Å²) in [4.78, 5) is 11.5. The molecule has 6 nitrogen and oxygen atoms in total. The van der Waals surface area contributed by atoms with E-state index in [0.29, 0.717) is 17.4 Å². The van der Waals surface area contributed by atoms with Crippen molar-refractivity contribution < 1.29 is 27.6 Å². The van der Waals surface area contributed by atoms with Crippen LogP contribution in [0, 0.1) is 35.3 Å². The number of rotatable bonds is 10. The molecular weight excluding hydrogens is 642 g/mol. The van der Waals surface area contributed by atoms with Crippen LogP contribution in [-0.2, 0) is 19.2 Å². The average Bonchev–Trinajstić information content (AvgIpc) is 3.81. The van der Waals surface area contributed by atoms with E-state index in [0.717, 1.165) is 68.0 Å². The standard InChI is InChI=1S/C12H16ClNOS.C12H24O.C7H13NO2.C6H4F2/c1-16(15,14-9-3-2-4-10-14)12-7-5-11(13)6-8-12;1-5-12(3,13-4)9-11-7-6-10(2)8-11;8-7(10)6(3-4-9)5-1-2-5;7-5-2-1-3-6(8)4-5/h5-8H,1-4,9-10H2;10-11H,5-9H2,1-4H3;5-6,9H,1-4H2,(H2,8,10);1-4H. The molecule has 5 atom stereocenters. The third-order valence-electron chi connectivity index (χ3n) is 9.46. The van der Waals surface area contributed by atoms with Gasteiger partial charge in [-0.1, -0.05) is 50.8 Å². The largest absolute Gasteiger partial charge is 0.396 e. The zero-order chi connectivity index (χ0) is 35.0. The molecule has 2 saturated carbocycles. The van der Waals surface area contributed by atoms with Crippen LogP contribution in [0.3, 0.4) is 0 Å². The number of hydrogen-bond donors (Lipinski definition) is 2. The van der Waals surface area contributed by atoms with Crippen molar-refractivity contribution >= 4 is 33.1 Å². The molecule has 1 heterocycles. The van der Waals surface area contributed by atoms with Crippen molar-refractivity contribution in [3.63, 3.8) is 0 Å². The third kappa shape index (κ3) is 14.9. The number of carbonyl (C=O) groups is 1. The molecule has 266 valence electrons. The first-order valence-corrected chi connectivity index (χ1v) is 19.0. The maximum atomic E-state index is 12.6. The highest BCUT2D eigenvalue weighted by molar-refractivity contribution is 7.98. The number of ether oxygens (including phenoxy) is 1. The van der Waals surface area contributed by atoms with Crippen LogP contribution >= 0.6 is 11.6 Å². The first-order valence-electron chi connectivity index (χ1n) is 17.0. The minimum absolute atomic E-state index is 0.0648. The summed E-state index contributed by atoms with van der Waals surface area (Å²) in [6.45, 7) is 8.67. The van der Waals surface area contributed by atoms with E-state index in [2.05, 4.69) is 26.6 Å². The summed E-state index contributed by atoms with van der Waals surface area (Å²) in [6, 6.07) is 11.7. The van der Waals surface area contributed by atoms with Crippen molar-refractivity contribution in [2.75, 3.05) is 26.8 Å². The first kappa shape index (κ1) is 41.1.